The first-order valence-corrected chi connectivity index (χ1v) is 7.19. The molecular weight excluding hydrogens is 241 g/mol. The molecule has 1 saturated heterocycles. The predicted octanol–water partition coefficient (Wildman–Crippen LogP) is 4.34. The van der Waals surface area contributed by atoms with Crippen LogP contribution >= 0.6 is 0 Å². The van der Waals surface area contributed by atoms with Crippen molar-refractivity contribution in [2.75, 3.05) is 6.54 Å². The molecule has 0 spiro atoms. The molecule has 1 N–H and O–H groups in total. The number of para-hydroxylation sites is 1. The monoisotopic (exact) mass is 261 g/mol. The molecule has 1 aliphatic heterocycles. The van der Waals surface area contributed by atoms with Gasteiger partial charge in [0.15, 0.2) is 11.4 Å². The van der Waals surface area contributed by atoms with Gasteiger partial charge in [-0.25, -0.2) is 4.39 Å². The Morgan fingerprint density at radius 3 is 3.00 bits per heavy atom. The van der Waals surface area contributed by atoms with Gasteiger partial charge in [0.1, 0.15) is 5.76 Å². The van der Waals surface area contributed by atoms with E-state index in [1.165, 1.54) is 25.3 Å². The molecule has 1 aromatic heterocycles. The molecule has 0 aliphatic carbocycles. The van der Waals surface area contributed by atoms with Crippen molar-refractivity contribution in [3.8, 4) is 0 Å². The highest BCUT2D eigenvalue weighted by molar-refractivity contribution is 5.78. The minimum atomic E-state index is -0.274. The van der Waals surface area contributed by atoms with Gasteiger partial charge in [-0.15, -0.1) is 0 Å². The number of benzene rings is 1. The number of rotatable bonds is 2. The number of nitrogens with one attached hydrogen (secondary N) is 1. The third-order valence-corrected chi connectivity index (χ3v) is 4.31. The minimum Gasteiger partial charge on any atom is -0.456 e. The zero-order valence-electron chi connectivity index (χ0n) is 11.3. The predicted molar refractivity (Wildman–Crippen MR) is 74.6 cm³/mol. The first kappa shape index (κ1) is 12.7. The van der Waals surface area contributed by atoms with E-state index in [2.05, 4.69) is 12.2 Å². The van der Waals surface area contributed by atoms with Crippen molar-refractivity contribution >= 4 is 11.0 Å². The van der Waals surface area contributed by atoms with Gasteiger partial charge in [-0.1, -0.05) is 31.9 Å². The van der Waals surface area contributed by atoms with Crippen LogP contribution in [0.3, 0.4) is 0 Å². The van der Waals surface area contributed by atoms with Crippen LogP contribution in [0.4, 0.5) is 4.39 Å². The zero-order chi connectivity index (χ0) is 13.3. The number of fused-ring (bicyclic) bond motifs is 1. The Balaban J connectivity index is 2.07. The van der Waals surface area contributed by atoms with E-state index in [4.69, 9.17) is 4.42 Å². The van der Waals surface area contributed by atoms with Crippen molar-refractivity contribution in [3.05, 3.63) is 35.8 Å². The SMILES string of the molecule is CCC1(c2cc3cccc(F)c3o2)CCCCCN1. The maximum Gasteiger partial charge on any atom is 0.169 e. The van der Waals surface area contributed by atoms with Crippen molar-refractivity contribution in [1.82, 2.24) is 5.32 Å². The lowest BCUT2D eigenvalue weighted by Crippen LogP contribution is -2.40. The second-order valence-electron chi connectivity index (χ2n) is 5.44. The third-order valence-electron chi connectivity index (χ3n) is 4.31. The first-order valence-electron chi connectivity index (χ1n) is 7.19. The minimum absolute atomic E-state index is 0.123. The largest absolute Gasteiger partial charge is 0.456 e. The van der Waals surface area contributed by atoms with Gasteiger partial charge in [0.05, 0.1) is 5.54 Å². The molecule has 102 valence electrons. The Labute approximate surface area is 113 Å². The van der Waals surface area contributed by atoms with Crippen LogP contribution < -0.4 is 5.32 Å². The normalized spacial score (nSPS) is 24.5. The van der Waals surface area contributed by atoms with Crippen molar-refractivity contribution in [2.45, 2.75) is 44.6 Å². The van der Waals surface area contributed by atoms with E-state index in [9.17, 15) is 4.39 Å². The van der Waals surface area contributed by atoms with E-state index in [1.54, 1.807) is 6.07 Å². The fraction of sp³-hybridized carbons (Fsp3) is 0.500. The molecular formula is C16H20FNO. The lowest BCUT2D eigenvalue weighted by atomic mass is 9.88. The summed E-state index contributed by atoms with van der Waals surface area (Å²) in [6.07, 6.45) is 5.68. The highest BCUT2D eigenvalue weighted by atomic mass is 19.1. The van der Waals surface area contributed by atoms with Gasteiger partial charge in [0.25, 0.3) is 0 Å². The van der Waals surface area contributed by atoms with Crippen molar-refractivity contribution in [1.29, 1.82) is 0 Å². The maximum atomic E-state index is 13.8. The summed E-state index contributed by atoms with van der Waals surface area (Å²) in [5, 5.41) is 4.48. The highest BCUT2D eigenvalue weighted by Gasteiger charge is 2.34. The molecule has 3 rings (SSSR count). The topological polar surface area (TPSA) is 25.2 Å². The summed E-state index contributed by atoms with van der Waals surface area (Å²) < 4.78 is 19.6. The van der Waals surface area contributed by atoms with E-state index in [0.29, 0.717) is 5.58 Å². The van der Waals surface area contributed by atoms with Crippen LogP contribution in [0.2, 0.25) is 0 Å². The third kappa shape index (κ3) is 2.16. The summed E-state index contributed by atoms with van der Waals surface area (Å²) in [7, 11) is 0. The maximum absolute atomic E-state index is 13.8. The molecule has 3 heteroatoms. The van der Waals surface area contributed by atoms with Crippen LogP contribution in [0.1, 0.15) is 44.8 Å². The Bertz CT molecular complexity index is 567. The average Bonchev–Trinajstić information content (AvgIpc) is 2.72. The smallest absolute Gasteiger partial charge is 0.169 e. The van der Waals surface area contributed by atoms with Crippen LogP contribution in [-0.2, 0) is 5.54 Å². The van der Waals surface area contributed by atoms with E-state index in [1.807, 2.05) is 12.1 Å². The fourth-order valence-electron chi connectivity index (χ4n) is 3.09. The molecule has 1 aromatic carbocycles. The molecule has 2 heterocycles. The van der Waals surface area contributed by atoms with E-state index >= 15 is 0 Å². The van der Waals surface area contributed by atoms with Gasteiger partial charge >= 0.3 is 0 Å². The Morgan fingerprint density at radius 2 is 2.21 bits per heavy atom. The molecule has 2 aromatic rings. The molecule has 1 atom stereocenters. The second kappa shape index (κ2) is 4.97. The van der Waals surface area contributed by atoms with Gasteiger partial charge in [-0.05, 0) is 37.9 Å². The standard InChI is InChI=1S/C16H20FNO/c1-2-16(9-4-3-5-10-18-16)14-11-12-7-6-8-13(17)15(12)19-14/h6-8,11,18H,2-5,9-10H2,1H3. The molecule has 0 amide bonds. The molecule has 0 radical (unpaired) electrons. The molecule has 19 heavy (non-hydrogen) atoms. The van der Waals surface area contributed by atoms with Gasteiger partial charge < -0.3 is 9.73 Å². The van der Waals surface area contributed by atoms with Crippen LogP contribution in [-0.4, -0.2) is 6.54 Å². The summed E-state index contributed by atoms with van der Waals surface area (Å²) in [4.78, 5) is 0. The van der Waals surface area contributed by atoms with Gasteiger partial charge in [-0.2, -0.15) is 0 Å². The second-order valence-corrected chi connectivity index (χ2v) is 5.44. The summed E-state index contributed by atoms with van der Waals surface area (Å²) >= 11 is 0. The molecule has 1 unspecified atom stereocenters. The number of hydrogen-bond donors (Lipinski definition) is 1. The summed E-state index contributed by atoms with van der Waals surface area (Å²) in [6.45, 7) is 3.18. The van der Waals surface area contributed by atoms with Crippen molar-refractivity contribution < 1.29 is 8.81 Å². The Hall–Kier alpha value is -1.35. The van der Waals surface area contributed by atoms with Gasteiger partial charge in [-0.3, -0.25) is 0 Å². The highest BCUT2D eigenvalue weighted by Crippen LogP contribution is 2.36. The zero-order valence-corrected chi connectivity index (χ0v) is 11.3. The van der Waals surface area contributed by atoms with E-state index < -0.39 is 0 Å². The van der Waals surface area contributed by atoms with Gasteiger partial charge in [0, 0.05) is 5.39 Å². The van der Waals surface area contributed by atoms with Crippen LogP contribution in [0.25, 0.3) is 11.0 Å². The molecule has 0 bridgehead atoms. The van der Waals surface area contributed by atoms with Crippen molar-refractivity contribution in [3.63, 3.8) is 0 Å². The fourth-order valence-corrected chi connectivity index (χ4v) is 3.09. The Morgan fingerprint density at radius 1 is 1.32 bits per heavy atom. The summed E-state index contributed by atoms with van der Waals surface area (Å²) in [5.41, 5.74) is 0.262. The molecule has 1 aliphatic rings. The van der Waals surface area contributed by atoms with Crippen molar-refractivity contribution in [2.24, 2.45) is 0 Å². The summed E-state index contributed by atoms with van der Waals surface area (Å²) in [6, 6.07) is 7.09. The van der Waals surface area contributed by atoms with Crippen LogP contribution in [0, 0.1) is 5.82 Å². The average molecular weight is 261 g/mol. The van der Waals surface area contributed by atoms with E-state index in [-0.39, 0.29) is 11.4 Å². The first-order chi connectivity index (χ1) is 9.25. The quantitative estimate of drug-likeness (QED) is 0.870. The molecule has 0 saturated carbocycles. The lowest BCUT2D eigenvalue weighted by molar-refractivity contribution is 0.258. The van der Waals surface area contributed by atoms with Crippen LogP contribution in [0.5, 0.6) is 0 Å². The van der Waals surface area contributed by atoms with Gasteiger partial charge in [0.2, 0.25) is 0 Å². The van der Waals surface area contributed by atoms with E-state index in [0.717, 1.165) is 30.5 Å². The molecule has 1 fully saturated rings. The molecule has 2 nitrogen and oxygen atoms in total. The number of halogens is 1. The Kier molecular flexibility index (Phi) is 3.31. The summed E-state index contributed by atoms with van der Waals surface area (Å²) in [5.74, 6) is 0.612. The lowest BCUT2D eigenvalue weighted by Gasteiger charge is -2.30. The number of hydrogen-bond acceptors (Lipinski definition) is 2. The van der Waals surface area contributed by atoms with Crippen LogP contribution in [0.15, 0.2) is 28.7 Å². The number of furan rings is 1.